The van der Waals surface area contributed by atoms with E-state index >= 15 is 0 Å². The number of hydrogen-bond acceptors (Lipinski definition) is 0. The van der Waals surface area contributed by atoms with Crippen LogP contribution in [0.1, 0.15) is 38.5 Å². The Hall–Kier alpha value is -0.980. The lowest BCUT2D eigenvalue weighted by Crippen LogP contribution is -1.96. The summed E-state index contributed by atoms with van der Waals surface area (Å²) in [7, 11) is 0. The van der Waals surface area contributed by atoms with Gasteiger partial charge in [0.1, 0.15) is 0 Å². The maximum atomic E-state index is 2.40. The molecule has 0 atom stereocenters. The Balaban J connectivity index is 2.11. The van der Waals surface area contributed by atoms with E-state index in [1.54, 1.807) is 0 Å². The highest BCUT2D eigenvalue weighted by molar-refractivity contribution is 5.45. The Bertz CT molecular complexity index is 269. The van der Waals surface area contributed by atoms with Crippen LogP contribution in [0.25, 0.3) is 5.70 Å². The monoisotopic (exact) mass is 175 g/mol. The number of hydrogen-bond donors (Lipinski definition) is 0. The minimum Gasteiger partial charge on any atom is -0.328 e. The fraction of sp³-hybridized carbons (Fsp3) is 0.500. The largest absolute Gasteiger partial charge is 0.328 e. The molecule has 0 aromatic carbocycles. The number of aromatic nitrogens is 1. The van der Waals surface area contributed by atoms with Crippen LogP contribution in [0.2, 0.25) is 0 Å². The van der Waals surface area contributed by atoms with Crippen molar-refractivity contribution in [2.24, 2.45) is 0 Å². The van der Waals surface area contributed by atoms with Crippen molar-refractivity contribution in [1.82, 2.24) is 4.57 Å². The van der Waals surface area contributed by atoms with E-state index < -0.39 is 0 Å². The summed E-state index contributed by atoms with van der Waals surface area (Å²) in [6, 6.07) is 4.19. The van der Waals surface area contributed by atoms with E-state index in [0.717, 1.165) is 0 Å². The van der Waals surface area contributed by atoms with Crippen LogP contribution in [0.4, 0.5) is 0 Å². The van der Waals surface area contributed by atoms with Gasteiger partial charge in [-0.15, -0.1) is 0 Å². The molecule has 0 unspecified atom stereocenters. The molecule has 1 heterocycles. The average molecular weight is 175 g/mol. The second-order valence-electron chi connectivity index (χ2n) is 3.74. The van der Waals surface area contributed by atoms with Crippen molar-refractivity contribution in [2.45, 2.75) is 38.5 Å². The van der Waals surface area contributed by atoms with Crippen molar-refractivity contribution in [2.75, 3.05) is 0 Å². The minimum absolute atomic E-state index is 1.24. The zero-order valence-corrected chi connectivity index (χ0v) is 8.08. The summed E-state index contributed by atoms with van der Waals surface area (Å²) in [6.07, 6.45) is 14.7. The van der Waals surface area contributed by atoms with Gasteiger partial charge >= 0.3 is 0 Å². The zero-order valence-electron chi connectivity index (χ0n) is 8.08. The van der Waals surface area contributed by atoms with Crippen LogP contribution in [0, 0.1) is 0 Å². The van der Waals surface area contributed by atoms with Crippen molar-refractivity contribution in [1.29, 1.82) is 0 Å². The number of allylic oxidation sites excluding steroid dienone is 2. The summed E-state index contributed by atoms with van der Waals surface area (Å²) in [5.41, 5.74) is 1.49. The van der Waals surface area contributed by atoms with E-state index in [2.05, 4.69) is 35.2 Å². The zero-order chi connectivity index (χ0) is 8.93. The maximum Gasteiger partial charge on any atom is 0.0180 e. The summed E-state index contributed by atoms with van der Waals surface area (Å²) < 4.78 is 2.26. The van der Waals surface area contributed by atoms with Crippen molar-refractivity contribution in [3.05, 3.63) is 30.6 Å². The van der Waals surface area contributed by atoms with Crippen LogP contribution in [0.5, 0.6) is 0 Å². The average Bonchev–Trinajstić information content (AvgIpc) is 2.55. The van der Waals surface area contributed by atoms with Crippen molar-refractivity contribution >= 4 is 5.70 Å². The highest BCUT2D eigenvalue weighted by Gasteiger charge is 2.02. The lowest BCUT2D eigenvalue weighted by Gasteiger charge is -2.12. The van der Waals surface area contributed by atoms with Crippen LogP contribution >= 0.6 is 0 Å². The minimum atomic E-state index is 1.24. The second-order valence-corrected chi connectivity index (χ2v) is 3.74. The van der Waals surface area contributed by atoms with E-state index in [9.17, 15) is 0 Å². The molecule has 1 nitrogen and oxygen atoms in total. The summed E-state index contributed by atoms with van der Waals surface area (Å²) >= 11 is 0. The SMILES string of the molecule is C1=C(n2cccc2)CCCCCC1. The highest BCUT2D eigenvalue weighted by Crippen LogP contribution is 2.20. The highest BCUT2D eigenvalue weighted by atomic mass is 14.9. The van der Waals surface area contributed by atoms with Gasteiger partial charge in [0.2, 0.25) is 0 Å². The molecule has 0 aliphatic heterocycles. The summed E-state index contributed by atoms with van der Waals surface area (Å²) in [4.78, 5) is 0. The number of rotatable bonds is 1. The molecule has 0 saturated carbocycles. The summed E-state index contributed by atoms with van der Waals surface area (Å²) in [5.74, 6) is 0. The van der Waals surface area contributed by atoms with E-state index in [1.807, 2.05) is 0 Å². The van der Waals surface area contributed by atoms with Gasteiger partial charge in [0.25, 0.3) is 0 Å². The number of nitrogens with zero attached hydrogens (tertiary/aromatic N) is 1. The third-order valence-electron chi connectivity index (χ3n) is 2.70. The Kier molecular flexibility index (Phi) is 2.86. The Morgan fingerprint density at radius 3 is 2.54 bits per heavy atom. The topological polar surface area (TPSA) is 4.93 Å². The van der Waals surface area contributed by atoms with Gasteiger partial charge < -0.3 is 4.57 Å². The van der Waals surface area contributed by atoms with Crippen LogP contribution < -0.4 is 0 Å². The molecule has 0 radical (unpaired) electrons. The quantitative estimate of drug-likeness (QED) is 0.613. The normalized spacial score (nSPS) is 18.9. The molecular weight excluding hydrogens is 158 g/mol. The lowest BCUT2D eigenvalue weighted by molar-refractivity contribution is 0.634. The predicted molar refractivity (Wildman–Crippen MR) is 56.4 cm³/mol. The first-order valence-corrected chi connectivity index (χ1v) is 5.29. The Morgan fingerprint density at radius 2 is 1.69 bits per heavy atom. The molecule has 0 fully saturated rings. The van der Waals surface area contributed by atoms with Crippen molar-refractivity contribution in [3.8, 4) is 0 Å². The first-order chi connectivity index (χ1) is 6.47. The van der Waals surface area contributed by atoms with E-state index in [4.69, 9.17) is 0 Å². The van der Waals surface area contributed by atoms with Crippen LogP contribution in [-0.4, -0.2) is 4.57 Å². The molecule has 1 aromatic heterocycles. The molecule has 1 aliphatic rings. The molecule has 1 heteroatoms. The molecule has 1 aliphatic carbocycles. The van der Waals surface area contributed by atoms with Gasteiger partial charge in [0.15, 0.2) is 0 Å². The molecule has 0 N–H and O–H groups in total. The molecule has 0 spiro atoms. The molecule has 1 aromatic rings. The summed E-state index contributed by atoms with van der Waals surface area (Å²) in [5, 5.41) is 0. The molecule has 0 amide bonds. The summed E-state index contributed by atoms with van der Waals surface area (Å²) in [6.45, 7) is 0. The van der Waals surface area contributed by atoms with Crippen LogP contribution in [0.15, 0.2) is 30.6 Å². The maximum absolute atomic E-state index is 2.40. The van der Waals surface area contributed by atoms with Gasteiger partial charge in [-0.2, -0.15) is 0 Å². The first-order valence-electron chi connectivity index (χ1n) is 5.29. The smallest absolute Gasteiger partial charge is 0.0180 e. The van der Waals surface area contributed by atoms with E-state index in [1.165, 1.54) is 44.2 Å². The van der Waals surface area contributed by atoms with Crippen LogP contribution in [0.3, 0.4) is 0 Å². The lowest BCUT2D eigenvalue weighted by atomic mass is 10.0. The first kappa shape index (κ1) is 8.61. The van der Waals surface area contributed by atoms with Crippen molar-refractivity contribution in [3.63, 3.8) is 0 Å². The van der Waals surface area contributed by atoms with Gasteiger partial charge in [-0.25, -0.2) is 0 Å². The van der Waals surface area contributed by atoms with Gasteiger partial charge in [0, 0.05) is 18.1 Å². The third kappa shape index (κ3) is 2.24. The van der Waals surface area contributed by atoms with E-state index in [-0.39, 0.29) is 0 Å². The molecule has 0 bridgehead atoms. The van der Waals surface area contributed by atoms with Gasteiger partial charge in [-0.05, 0) is 37.8 Å². The van der Waals surface area contributed by atoms with E-state index in [0.29, 0.717) is 0 Å². The molecule has 0 saturated heterocycles. The molecular formula is C12H17N. The van der Waals surface area contributed by atoms with Gasteiger partial charge in [-0.3, -0.25) is 0 Å². The Labute approximate surface area is 80.1 Å². The van der Waals surface area contributed by atoms with Gasteiger partial charge in [0.05, 0.1) is 0 Å². The van der Waals surface area contributed by atoms with Gasteiger partial charge in [-0.1, -0.05) is 18.9 Å². The molecule has 2 rings (SSSR count). The second kappa shape index (κ2) is 4.31. The standard InChI is InChI=1S/C12H17N/c1-2-4-8-12(9-5-3-1)13-10-6-7-11-13/h6-8,10-11H,1-5,9H2. The predicted octanol–water partition coefficient (Wildman–Crippen LogP) is 3.68. The van der Waals surface area contributed by atoms with Crippen LogP contribution in [-0.2, 0) is 0 Å². The Morgan fingerprint density at radius 1 is 0.923 bits per heavy atom. The molecule has 13 heavy (non-hydrogen) atoms. The fourth-order valence-corrected chi connectivity index (χ4v) is 1.94. The molecule has 70 valence electrons. The fourth-order valence-electron chi connectivity index (χ4n) is 1.94. The third-order valence-corrected chi connectivity index (χ3v) is 2.70. The van der Waals surface area contributed by atoms with Crippen molar-refractivity contribution < 1.29 is 0 Å².